The van der Waals surface area contributed by atoms with Crippen molar-refractivity contribution in [2.24, 2.45) is 23.2 Å². The van der Waals surface area contributed by atoms with E-state index in [1.54, 1.807) is 63.3 Å². The smallest absolute Gasteiger partial charge is 0.303 e. The number of aliphatic hydroxyl groups is 2. The molecule has 276 valence electrons. The van der Waals surface area contributed by atoms with Crippen LogP contribution in [0.4, 0.5) is 0 Å². The summed E-state index contributed by atoms with van der Waals surface area (Å²) in [4.78, 5) is 65.1. The monoisotopic (exact) mass is 700 g/mol. The fourth-order valence-electron chi connectivity index (χ4n) is 7.63. The quantitative estimate of drug-likeness (QED) is 0.162. The SMILES string of the molecule is C=C1[C@@H](O)C2[C@@H](C(=O)c3ccccc3)[C@](C)(OC(C)=O)C[C@]2(O)C(OC(C)=O)[C@@H](C)/C=C\C(C)(C)[C@@H](OC(C)=O)[C@H](OCCC)[C@H]1OC(C)=O. The van der Waals surface area contributed by atoms with E-state index >= 15 is 0 Å². The minimum Gasteiger partial charge on any atom is -0.459 e. The van der Waals surface area contributed by atoms with Crippen LogP contribution >= 0.6 is 0 Å². The van der Waals surface area contributed by atoms with E-state index < -0.39 is 101 Å². The van der Waals surface area contributed by atoms with Crippen molar-refractivity contribution in [2.45, 2.75) is 117 Å². The van der Waals surface area contributed by atoms with Crippen LogP contribution in [0.15, 0.2) is 54.6 Å². The van der Waals surface area contributed by atoms with Gasteiger partial charge in [-0.15, -0.1) is 0 Å². The van der Waals surface area contributed by atoms with Crippen molar-refractivity contribution in [3.63, 3.8) is 0 Å². The summed E-state index contributed by atoms with van der Waals surface area (Å²) in [5.41, 5.74) is -5.00. The highest BCUT2D eigenvalue weighted by molar-refractivity contribution is 5.99. The van der Waals surface area contributed by atoms with Crippen molar-refractivity contribution >= 4 is 29.7 Å². The molecule has 0 bridgehead atoms. The van der Waals surface area contributed by atoms with E-state index in [4.69, 9.17) is 23.7 Å². The van der Waals surface area contributed by atoms with E-state index in [2.05, 4.69) is 6.58 Å². The molecule has 1 aromatic carbocycles. The summed E-state index contributed by atoms with van der Waals surface area (Å²) in [6.45, 7) is 17.6. The molecular formula is C38H52O12. The first-order valence-electron chi connectivity index (χ1n) is 16.9. The van der Waals surface area contributed by atoms with Gasteiger partial charge in [-0.25, -0.2) is 0 Å². The van der Waals surface area contributed by atoms with Crippen LogP contribution in [0, 0.1) is 23.2 Å². The van der Waals surface area contributed by atoms with Crippen molar-refractivity contribution < 1.29 is 57.9 Å². The summed E-state index contributed by atoms with van der Waals surface area (Å²) in [5.74, 6) is -7.27. The first-order valence-corrected chi connectivity index (χ1v) is 16.9. The third-order valence-electron chi connectivity index (χ3n) is 9.55. The number of hydrogen-bond donors (Lipinski definition) is 2. The van der Waals surface area contributed by atoms with Gasteiger partial charge < -0.3 is 33.9 Å². The van der Waals surface area contributed by atoms with Gasteiger partial charge in [0.1, 0.15) is 29.5 Å². The lowest BCUT2D eigenvalue weighted by molar-refractivity contribution is -0.189. The second-order valence-corrected chi connectivity index (χ2v) is 14.3. The van der Waals surface area contributed by atoms with Gasteiger partial charge in [-0.3, -0.25) is 24.0 Å². The minimum atomic E-state index is -2.24. The molecule has 2 N–H and O–H groups in total. The molecule has 3 rings (SSSR count). The van der Waals surface area contributed by atoms with Crippen LogP contribution in [0.5, 0.6) is 0 Å². The molecule has 10 atom stereocenters. The standard InChI is InChI=1S/C38H52O12/c1-11-19-46-33-32(47-23(4)39)22(3)30(43)29-28(31(44)27-15-13-12-14-16-27)37(10,50-26(7)42)20-38(29,45)34(48-24(5)40)21(2)17-18-36(8,9)35(33)49-25(6)41/h12-18,21,28-30,32-35,43,45H,3,11,19-20H2,1-2,4-10H3/b18-17-/t21-,28-,29?,30+,32-,33+,34?,35-,37+,38+/m0/s1. The molecule has 0 aromatic heterocycles. The zero-order chi connectivity index (χ0) is 37.8. The Bertz CT molecular complexity index is 1470. The number of esters is 4. The highest BCUT2D eigenvalue weighted by Gasteiger charge is 2.69. The van der Waals surface area contributed by atoms with Crippen LogP contribution in [-0.4, -0.2) is 88.2 Å². The predicted molar refractivity (Wildman–Crippen MR) is 181 cm³/mol. The van der Waals surface area contributed by atoms with Gasteiger partial charge >= 0.3 is 23.9 Å². The average Bonchev–Trinajstić information content (AvgIpc) is 3.25. The minimum absolute atomic E-state index is 0.140. The van der Waals surface area contributed by atoms with Crippen molar-refractivity contribution in [3.05, 3.63) is 60.2 Å². The van der Waals surface area contributed by atoms with Gasteiger partial charge in [0, 0.05) is 63.5 Å². The zero-order valence-corrected chi connectivity index (χ0v) is 30.5. The molecule has 0 heterocycles. The molecule has 0 spiro atoms. The Labute approximate surface area is 294 Å². The molecule has 0 saturated heterocycles. The summed E-state index contributed by atoms with van der Waals surface area (Å²) >= 11 is 0. The topological polar surface area (TPSA) is 172 Å². The van der Waals surface area contributed by atoms with Gasteiger partial charge in [0.2, 0.25) is 0 Å². The Morgan fingerprint density at radius 2 is 1.44 bits per heavy atom. The molecule has 0 radical (unpaired) electrons. The molecular weight excluding hydrogens is 648 g/mol. The van der Waals surface area contributed by atoms with Crippen molar-refractivity contribution in [1.82, 2.24) is 0 Å². The summed E-state index contributed by atoms with van der Waals surface area (Å²) in [6.07, 6.45) is -3.61. The van der Waals surface area contributed by atoms with Gasteiger partial charge in [-0.1, -0.05) is 76.8 Å². The van der Waals surface area contributed by atoms with Crippen LogP contribution in [0.3, 0.4) is 0 Å². The maximum absolute atomic E-state index is 14.6. The number of ether oxygens (including phenoxy) is 5. The Kier molecular flexibility index (Phi) is 13.0. The van der Waals surface area contributed by atoms with E-state index in [0.717, 1.165) is 13.8 Å². The molecule has 50 heavy (non-hydrogen) atoms. The molecule has 1 saturated carbocycles. The number of ketones is 1. The average molecular weight is 701 g/mol. The number of carbonyl (C=O) groups is 5. The lowest BCUT2D eigenvalue weighted by atomic mass is 9.69. The van der Waals surface area contributed by atoms with Crippen molar-refractivity contribution in [3.8, 4) is 0 Å². The van der Waals surface area contributed by atoms with E-state index in [1.807, 2.05) is 6.92 Å². The number of benzene rings is 1. The van der Waals surface area contributed by atoms with Gasteiger partial charge in [-0.2, -0.15) is 0 Å². The molecule has 1 aromatic rings. The Morgan fingerprint density at radius 1 is 0.880 bits per heavy atom. The van der Waals surface area contributed by atoms with Crippen LogP contribution in [0.2, 0.25) is 0 Å². The summed E-state index contributed by atoms with van der Waals surface area (Å²) in [5, 5.41) is 25.5. The molecule has 2 aliphatic rings. The van der Waals surface area contributed by atoms with Gasteiger partial charge in [0.25, 0.3) is 0 Å². The van der Waals surface area contributed by atoms with E-state index in [9.17, 15) is 34.2 Å². The Morgan fingerprint density at radius 3 is 1.96 bits per heavy atom. The van der Waals surface area contributed by atoms with E-state index in [-0.39, 0.29) is 17.7 Å². The molecule has 12 nitrogen and oxygen atoms in total. The fourth-order valence-corrected chi connectivity index (χ4v) is 7.63. The Balaban J connectivity index is 2.48. The third kappa shape index (κ3) is 8.70. The third-order valence-corrected chi connectivity index (χ3v) is 9.55. The summed E-state index contributed by atoms with van der Waals surface area (Å²) < 4.78 is 29.6. The lowest BCUT2D eigenvalue weighted by Gasteiger charge is -2.45. The van der Waals surface area contributed by atoms with Crippen LogP contribution in [-0.2, 0) is 42.9 Å². The first kappa shape index (κ1) is 40.6. The molecule has 0 amide bonds. The molecule has 2 unspecified atom stereocenters. The second kappa shape index (κ2) is 16.0. The van der Waals surface area contributed by atoms with Crippen LogP contribution < -0.4 is 0 Å². The summed E-state index contributed by atoms with van der Waals surface area (Å²) in [6, 6.07) is 8.12. The zero-order valence-electron chi connectivity index (χ0n) is 30.5. The van der Waals surface area contributed by atoms with E-state index in [0.29, 0.717) is 6.42 Å². The van der Waals surface area contributed by atoms with Crippen LogP contribution in [0.25, 0.3) is 0 Å². The maximum atomic E-state index is 14.6. The number of aliphatic hydroxyl groups excluding tert-OH is 1. The van der Waals surface area contributed by atoms with E-state index in [1.165, 1.54) is 20.8 Å². The Hall–Kier alpha value is -3.87. The lowest BCUT2D eigenvalue weighted by Crippen LogP contribution is -2.58. The van der Waals surface area contributed by atoms with Crippen molar-refractivity contribution in [2.75, 3.05) is 6.61 Å². The fraction of sp³-hybridized carbons (Fsp3) is 0.605. The van der Waals surface area contributed by atoms with Crippen LogP contribution in [0.1, 0.15) is 85.5 Å². The number of fused-ring (bicyclic) bond motifs is 1. The van der Waals surface area contributed by atoms with Crippen molar-refractivity contribution in [1.29, 1.82) is 0 Å². The van der Waals surface area contributed by atoms with Gasteiger partial charge in [0.05, 0.1) is 12.0 Å². The highest BCUT2D eigenvalue weighted by Crippen LogP contribution is 2.56. The largest absolute Gasteiger partial charge is 0.459 e. The van der Waals surface area contributed by atoms with Gasteiger partial charge in [-0.05, 0) is 18.9 Å². The molecule has 12 heteroatoms. The number of carbonyl (C=O) groups excluding carboxylic acids is 5. The number of Topliss-reactive ketones (excluding diaryl/α,β-unsaturated/α-hetero) is 1. The second-order valence-electron chi connectivity index (χ2n) is 14.3. The van der Waals surface area contributed by atoms with Gasteiger partial charge in [0.15, 0.2) is 11.9 Å². The maximum Gasteiger partial charge on any atom is 0.303 e. The molecule has 2 aliphatic carbocycles. The first-order chi connectivity index (χ1) is 23.2. The molecule has 0 aliphatic heterocycles. The molecule has 1 fully saturated rings. The summed E-state index contributed by atoms with van der Waals surface area (Å²) in [7, 11) is 0. The number of hydrogen-bond acceptors (Lipinski definition) is 12. The number of rotatable bonds is 9. The highest BCUT2D eigenvalue weighted by atomic mass is 16.6. The predicted octanol–water partition coefficient (Wildman–Crippen LogP) is 4.30. The normalized spacial score (nSPS) is 34.6.